The molecule has 0 aliphatic rings. The number of ether oxygens (including phenoxy) is 1. The first-order valence-corrected chi connectivity index (χ1v) is 9.58. The van der Waals surface area contributed by atoms with Gasteiger partial charge in [0.1, 0.15) is 11.8 Å². The Bertz CT molecular complexity index is 803. The Morgan fingerprint density at radius 1 is 1.07 bits per heavy atom. The molecule has 150 valence electrons. The molecule has 0 saturated heterocycles. The van der Waals surface area contributed by atoms with Crippen LogP contribution in [0.3, 0.4) is 0 Å². The maximum Gasteiger partial charge on any atom is 0.261 e. The van der Waals surface area contributed by atoms with Crippen LogP contribution in [0.1, 0.15) is 33.3 Å². The maximum absolute atomic E-state index is 12.9. The summed E-state index contributed by atoms with van der Waals surface area (Å²) in [6.07, 6.45) is 0. The topological polar surface area (TPSA) is 58.6 Å². The van der Waals surface area contributed by atoms with Gasteiger partial charge in [-0.25, -0.2) is 0 Å². The van der Waals surface area contributed by atoms with Crippen LogP contribution in [0.15, 0.2) is 54.6 Å². The van der Waals surface area contributed by atoms with E-state index in [9.17, 15) is 9.59 Å². The highest BCUT2D eigenvalue weighted by Crippen LogP contribution is 2.23. The molecule has 0 spiro atoms. The third kappa shape index (κ3) is 6.57. The van der Waals surface area contributed by atoms with E-state index in [-0.39, 0.29) is 24.0 Å². The molecule has 0 fully saturated rings. The molecule has 0 radical (unpaired) electrons. The number of benzene rings is 2. The molecule has 2 aromatic carbocycles. The molecule has 0 saturated carbocycles. The second-order valence-corrected chi connectivity index (χ2v) is 8.05. The minimum Gasteiger partial charge on any atom is -0.482 e. The standard InChI is InChI=1S/C22H27ClN2O3/c1-16(21(27)24-22(2,3)4)25(14-17-10-6-5-7-11-17)20(26)15-28-19-13-9-8-12-18(19)23/h5-13,16H,14-15H2,1-4H3,(H,24,27). The average molecular weight is 403 g/mol. The van der Waals surface area contributed by atoms with Crippen LogP contribution in [0.2, 0.25) is 5.02 Å². The number of halogens is 1. The number of carbonyl (C=O) groups is 2. The van der Waals surface area contributed by atoms with Crippen molar-refractivity contribution in [3.63, 3.8) is 0 Å². The van der Waals surface area contributed by atoms with Crippen LogP contribution >= 0.6 is 11.6 Å². The van der Waals surface area contributed by atoms with Crippen molar-refractivity contribution >= 4 is 23.4 Å². The number of amides is 2. The SMILES string of the molecule is CC(C(=O)NC(C)(C)C)N(Cc1ccccc1)C(=O)COc1ccccc1Cl. The van der Waals surface area contributed by atoms with Crippen LogP contribution in [-0.4, -0.2) is 34.9 Å². The van der Waals surface area contributed by atoms with Crippen molar-refractivity contribution in [1.82, 2.24) is 10.2 Å². The maximum atomic E-state index is 12.9. The Kier molecular flexibility index (Phi) is 7.46. The van der Waals surface area contributed by atoms with Gasteiger partial charge >= 0.3 is 0 Å². The lowest BCUT2D eigenvalue weighted by Crippen LogP contribution is -2.53. The number of nitrogens with zero attached hydrogens (tertiary/aromatic N) is 1. The summed E-state index contributed by atoms with van der Waals surface area (Å²) in [6, 6.07) is 15.9. The molecular weight excluding hydrogens is 376 g/mol. The van der Waals surface area contributed by atoms with Crippen LogP contribution in [0.25, 0.3) is 0 Å². The van der Waals surface area contributed by atoms with E-state index in [4.69, 9.17) is 16.3 Å². The van der Waals surface area contributed by atoms with Crippen molar-refractivity contribution in [3.05, 3.63) is 65.2 Å². The third-order valence-electron chi connectivity index (χ3n) is 4.05. The summed E-state index contributed by atoms with van der Waals surface area (Å²) in [5, 5.41) is 3.36. The number of hydrogen-bond donors (Lipinski definition) is 1. The zero-order valence-corrected chi connectivity index (χ0v) is 17.5. The number of carbonyl (C=O) groups excluding carboxylic acids is 2. The zero-order chi connectivity index (χ0) is 20.7. The fourth-order valence-corrected chi connectivity index (χ4v) is 2.81. The summed E-state index contributed by atoms with van der Waals surface area (Å²) in [7, 11) is 0. The van der Waals surface area contributed by atoms with Gasteiger partial charge in [0.15, 0.2) is 6.61 Å². The van der Waals surface area contributed by atoms with E-state index in [0.717, 1.165) is 5.56 Å². The van der Waals surface area contributed by atoms with E-state index in [1.807, 2.05) is 51.1 Å². The summed E-state index contributed by atoms with van der Waals surface area (Å²) < 4.78 is 5.59. The van der Waals surface area contributed by atoms with Crippen LogP contribution in [0.5, 0.6) is 5.75 Å². The van der Waals surface area contributed by atoms with Gasteiger partial charge in [-0.05, 0) is 45.4 Å². The highest BCUT2D eigenvalue weighted by atomic mass is 35.5. The lowest BCUT2D eigenvalue weighted by atomic mass is 10.1. The smallest absolute Gasteiger partial charge is 0.261 e. The monoisotopic (exact) mass is 402 g/mol. The van der Waals surface area contributed by atoms with E-state index < -0.39 is 6.04 Å². The summed E-state index contributed by atoms with van der Waals surface area (Å²) >= 11 is 6.09. The largest absolute Gasteiger partial charge is 0.482 e. The Balaban J connectivity index is 2.15. The summed E-state index contributed by atoms with van der Waals surface area (Å²) in [4.78, 5) is 27.1. The Labute approximate surface area is 171 Å². The summed E-state index contributed by atoms with van der Waals surface area (Å²) in [5.41, 5.74) is 0.546. The van der Waals surface area contributed by atoms with Crippen molar-refractivity contribution in [2.75, 3.05) is 6.61 Å². The predicted octanol–water partition coefficient (Wildman–Crippen LogP) is 4.05. The van der Waals surface area contributed by atoms with Crippen molar-refractivity contribution < 1.29 is 14.3 Å². The molecule has 0 bridgehead atoms. The van der Waals surface area contributed by atoms with E-state index in [1.165, 1.54) is 4.90 Å². The molecule has 0 heterocycles. The van der Waals surface area contributed by atoms with Crippen molar-refractivity contribution in [2.45, 2.75) is 45.8 Å². The Morgan fingerprint density at radius 3 is 2.29 bits per heavy atom. The van der Waals surface area contributed by atoms with Gasteiger partial charge in [-0.1, -0.05) is 54.1 Å². The minimum atomic E-state index is -0.651. The van der Waals surface area contributed by atoms with Gasteiger partial charge in [-0.2, -0.15) is 0 Å². The van der Waals surface area contributed by atoms with Crippen LogP contribution in [0, 0.1) is 0 Å². The first kappa shape index (κ1) is 21.8. The van der Waals surface area contributed by atoms with Crippen LogP contribution in [-0.2, 0) is 16.1 Å². The molecule has 2 amide bonds. The molecule has 28 heavy (non-hydrogen) atoms. The van der Waals surface area contributed by atoms with Crippen molar-refractivity contribution in [2.24, 2.45) is 0 Å². The highest BCUT2D eigenvalue weighted by Gasteiger charge is 2.28. The van der Waals surface area contributed by atoms with Gasteiger partial charge < -0.3 is 15.0 Å². The van der Waals surface area contributed by atoms with E-state index in [0.29, 0.717) is 17.3 Å². The first-order valence-electron chi connectivity index (χ1n) is 9.20. The average Bonchev–Trinajstić information content (AvgIpc) is 2.64. The molecule has 6 heteroatoms. The van der Waals surface area contributed by atoms with Crippen LogP contribution < -0.4 is 10.1 Å². The molecule has 0 aliphatic carbocycles. The molecule has 2 rings (SSSR count). The second-order valence-electron chi connectivity index (χ2n) is 7.64. The second kappa shape index (κ2) is 9.60. The molecule has 1 N–H and O–H groups in total. The highest BCUT2D eigenvalue weighted by molar-refractivity contribution is 6.32. The van der Waals surface area contributed by atoms with Gasteiger partial charge in [0.05, 0.1) is 5.02 Å². The van der Waals surface area contributed by atoms with E-state index in [2.05, 4.69) is 5.32 Å². The zero-order valence-electron chi connectivity index (χ0n) is 16.7. The molecule has 5 nitrogen and oxygen atoms in total. The molecule has 0 aromatic heterocycles. The van der Waals surface area contributed by atoms with Gasteiger partial charge in [-0.3, -0.25) is 9.59 Å². The summed E-state index contributed by atoms with van der Waals surface area (Å²) in [5.74, 6) is -0.0705. The van der Waals surface area contributed by atoms with E-state index >= 15 is 0 Å². The number of rotatable bonds is 7. The van der Waals surface area contributed by atoms with E-state index in [1.54, 1.807) is 31.2 Å². The minimum absolute atomic E-state index is 0.205. The lowest BCUT2D eigenvalue weighted by molar-refractivity contribution is -0.142. The first-order chi connectivity index (χ1) is 13.2. The molecular formula is C22H27ClN2O3. The number of hydrogen-bond acceptors (Lipinski definition) is 3. The third-order valence-corrected chi connectivity index (χ3v) is 4.36. The van der Waals surface area contributed by atoms with Gasteiger partial charge in [-0.15, -0.1) is 0 Å². The molecule has 1 unspecified atom stereocenters. The van der Waals surface area contributed by atoms with Crippen molar-refractivity contribution in [3.8, 4) is 5.75 Å². The lowest BCUT2D eigenvalue weighted by Gasteiger charge is -2.31. The van der Waals surface area contributed by atoms with Gasteiger partial charge in [0.25, 0.3) is 5.91 Å². The van der Waals surface area contributed by atoms with Crippen molar-refractivity contribution in [1.29, 1.82) is 0 Å². The molecule has 2 aromatic rings. The van der Waals surface area contributed by atoms with Gasteiger partial charge in [0.2, 0.25) is 5.91 Å². The Morgan fingerprint density at radius 2 is 1.68 bits per heavy atom. The van der Waals surface area contributed by atoms with Crippen LogP contribution in [0.4, 0.5) is 0 Å². The van der Waals surface area contributed by atoms with Gasteiger partial charge in [0, 0.05) is 12.1 Å². The quantitative estimate of drug-likeness (QED) is 0.760. The fourth-order valence-electron chi connectivity index (χ4n) is 2.62. The molecule has 1 atom stereocenters. The number of para-hydroxylation sites is 1. The summed E-state index contributed by atoms with van der Waals surface area (Å²) in [6.45, 7) is 7.54. The predicted molar refractivity (Wildman–Crippen MR) is 111 cm³/mol. The fraction of sp³-hybridized carbons (Fsp3) is 0.364. The Hall–Kier alpha value is -2.53. The molecule has 0 aliphatic heterocycles. The number of nitrogens with one attached hydrogen (secondary N) is 1. The normalized spacial score (nSPS) is 12.2.